The smallest absolute Gasteiger partial charge is 0.333 e. The van der Waals surface area contributed by atoms with Crippen LogP contribution >= 0.6 is 0 Å². The molecule has 17 heavy (non-hydrogen) atoms. The summed E-state index contributed by atoms with van der Waals surface area (Å²) in [6.45, 7) is 5.09. The normalized spacial score (nSPS) is 44.9. The lowest BCUT2D eigenvalue weighted by molar-refractivity contribution is -0.150. The van der Waals surface area contributed by atoms with E-state index in [1.54, 1.807) is 6.92 Å². The van der Waals surface area contributed by atoms with Gasteiger partial charge in [0.25, 0.3) is 10.1 Å². The highest BCUT2D eigenvalue weighted by molar-refractivity contribution is 7.87. The highest BCUT2D eigenvalue weighted by atomic mass is 32.2. The zero-order chi connectivity index (χ0) is 12.4. The predicted octanol–water partition coefficient (Wildman–Crippen LogP) is 0.611. The number of hydrogen-bond acceptors (Lipinski definition) is 5. The summed E-state index contributed by atoms with van der Waals surface area (Å²) in [5.41, 5.74) is 0.324. The molecule has 2 saturated carbocycles. The van der Waals surface area contributed by atoms with Gasteiger partial charge in [-0.05, 0) is 19.8 Å². The minimum Gasteiger partial charge on any atom is -0.456 e. The fourth-order valence-electron chi connectivity index (χ4n) is 3.27. The number of hydrogen-bond donors (Lipinski definition) is 0. The van der Waals surface area contributed by atoms with Crippen molar-refractivity contribution in [2.75, 3.05) is 0 Å². The van der Waals surface area contributed by atoms with E-state index < -0.39 is 28.3 Å². The molecule has 0 aromatic carbocycles. The van der Waals surface area contributed by atoms with Crippen molar-refractivity contribution in [3.05, 3.63) is 12.2 Å². The Morgan fingerprint density at radius 1 is 1.41 bits per heavy atom. The third-order valence-electron chi connectivity index (χ3n) is 4.01. The zero-order valence-corrected chi connectivity index (χ0v) is 10.3. The molecular weight excluding hydrogens is 244 g/mol. The van der Waals surface area contributed by atoms with E-state index in [1.807, 2.05) is 0 Å². The number of carbonyl (C=O) groups excluding carboxylic acids is 1. The third kappa shape index (κ3) is 1.47. The largest absolute Gasteiger partial charge is 0.456 e. The molecule has 0 spiro atoms. The van der Waals surface area contributed by atoms with Crippen molar-refractivity contribution in [3.63, 3.8) is 0 Å². The van der Waals surface area contributed by atoms with Crippen LogP contribution in [0, 0.1) is 11.8 Å². The molecule has 0 aromatic heterocycles. The van der Waals surface area contributed by atoms with E-state index in [2.05, 4.69) is 6.58 Å². The fourth-order valence-corrected chi connectivity index (χ4v) is 5.15. The maximum atomic E-state index is 11.7. The summed E-state index contributed by atoms with van der Waals surface area (Å²) in [6.07, 6.45) is 0.449. The van der Waals surface area contributed by atoms with E-state index in [0.29, 0.717) is 12.0 Å². The number of esters is 1. The van der Waals surface area contributed by atoms with Crippen LogP contribution in [0.1, 0.15) is 19.8 Å². The average Bonchev–Trinajstić information content (AvgIpc) is 2.81. The van der Waals surface area contributed by atoms with Crippen molar-refractivity contribution in [3.8, 4) is 0 Å². The van der Waals surface area contributed by atoms with Crippen LogP contribution in [0.4, 0.5) is 0 Å². The number of carbonyl (C=O) groups is 1. The highest BCUT2D eigenvalue weighted by Crippen LogP contribution is 2.55. The molecule has 1 aliphatic heterocycles. The van der Waals surface area contributed by atoms with Crippen LogP contribution in [0.5, 0.6) is 0 Å². The predicted molar refractivity (Wildman–Crippen MR) is 58.5 cm³/mol. The van der Waals surface area contributed by atoms with Crippen molar-refractivity contribution in [1.82, 2.24) is 0 Å². The van der Waals surface area contributed by atoms with Gasteiger partial charge >= 0.3 is 5.97 Å². The molecule has 5 atom stereocenters. The SMILES string of the molecule is C=C(C)C(=O)OC1C2OS(=O)(=O)C3C[C@@H]1CC23. The lowest BCUT2D eigenvalue weighted by atomic mass is 9.94. The van der Waals surface area contributed by atoms with Gasteiger partial charge in [-0.15, -0.1) is 0 Å². The van der Waals surface area contributed by atoms with E-state index in [-0.39, 0.29) is 17.1 Å². The molecule has 94 valence electrons. The summed E-state index contributed by atoms with van der Waals surface area (Å²) in [6, 6.07) is 0. The Labute approximate surface area is 99.9 Å². The Balaban J connectivity index is 1.83. The first-order valence-electron chi connectivity index (χ1n) is 5.69. The lowest BCUT2D eigenvalue weighted by Crippen LogP contribution is -2.37. The van der Waals surface area contributed by atoms with Crippen molar-refractivity contribution in [2.24, 2.45) is 11.8 Å². The van der Waals surface area contributed by atoms with Gasteiger partial charge in [0.05, 0.1) is 5.25 Å². The molecule has 3 fully saturated rings. The van der Waals surface area contributed by atoms with Gasteiger partial charge in [0, 0.05) is 17.4 Å². The second-order valence-corrected chi connectivity index (χ2v) is 6.92. The van der Waals surface area contributed by atoms with Crippen molar-refractivity contribution in [2.45, 2.75) is 37.2 Å². The Morgan fingerprint density at radius 2 is 2.12 bits per heavy atom. The quantitative estimate of drug-likeness (QED) is 0.412. The van der Waals surface area contributed by atoms with Crippen LogP contribution in [0.15, 0.2) is 12.2 Å². The molecular formula is C11H14O5S. The van der Waals surface area contributed by atoms with Crippen molar-refractivity contribution in [1.29, 1.82) is 0 Å². The molecule has 0 N–H and O–H groups in total. The first-order valence-corrected chi connectivity index (χ1v) is 7.16. The van der Waals surface area contributed by atoms with E-state index in [4.69, 9.17) is 8.92 Å². The van der Waals surface area contributed by atoms with E-state index in [0.717, 1.165) is 6.42 Å². The van der Waals surface area contributed by atoms with E-state index in [1.165, 1.54) is 0 Å². The topological polar surface area (TPSA) is 69.7 Å². The van der Waals surface area contributed by atoms with Gasteiger partial charge < -0.3 is 4.74 Å². The number of fused-ring (bicyclic) bond motifs is 1. The number of rotatable bonds is 2. The summed E-state index contributed by atoms with van der Waals surface area (Å²) in [5, 5.41) is -0.378. The monoisotopic (exact) mass is 258 g/mol. The second-order valence-electron chi connectivity index (χ2n) is 5.14. The molecule has 0 aromatic rings. The minimum atomic E-state index is -3.43. The fraction of sp³-hybridized carbons (Fsp3) is 0.727. The van der Waals surface area contributed by atoms with Crippen molar-refractivity contribution >= 4 is 16.1 Å². The van der Waals surface area contributed by atoms with Crippen LogP contribution < -0.4 is 0 Å². The van der Waals surface area contributed by atoms with Gasteiger partial charge in [0.15, 0.2) is 0 Å². The van der Waals surface area contributed by atoms with Crippen LogP contribution in [0.25, 0.3) is 0 Å². The molecule has 4 unspecified atom stereocenters. The second kappa shape index (κ2) is 3.32. The highest BCUT2D eigenvalue weighted by Gasteiger charge is 2.65. The molecule has 5 nitrogen and oxygen atoms in total. The van der Waals surface area contributed by atoms with Gasteiger partial charge in [-0.3, -0.25) is 4.18 Å². The minimum absolute atomic E-state index is 0.00733. The lowest BCUT2D eigenvalue weighted by Gasteiger charge is -2.24. The van der Waals surface area contributed by atoms with Crippen molar-refractivity contribution < 1.29 is 22.1 Å². The molecule has 0 radical (unpaired) electrons. The third-order valence-corrected chi connectivity index (χ3v) is 5.78. The Hall–Kier alpha value is -0.880. The van der Waals surface area contributed by atoms with Crippen LogP contribution in [0.2, 0.25) is 0 Å². The Bertz CT molecular complexity index is 494. The van der Waals surface area contributed by atoms with Crippen LogP contribution in [-0.4, -0.2) is 31.8 Å². The van der Waals surface area contributed by atoms with Gasteiger partial charge in [-0.2, -0.15) is 8.42 Å². The molecule has 2 aliphatic carbocycles. The maximum absolute atomic E-state index is 11.7. The molecule has 1 saturated heterocycles. The number of ether oxygens (including phenoxy) is 1. The first kappa shape index (κ1) is 11.2. The average molecular weight is 258 g/mol. The molecule has 6 heteroatoms. The molecule has 3 rings (SSSR count). The summed E-state index contributed by atoms with van der Waals surface area (Å²) >= 11 is 0. The summed E-state index contributed by atoms with van der Waals surface area (Å²) in [4.78, 5) is 11.5. The summed E-state index contributed by atoms with van der Waals surface area (Å²) < 4.78 is 33.7. The molecule has 2 bridgehead atoms. The summed E-state index contributed by atoms with van der Waals surface area (Å²) in [7, 11) is -3.43. The first-order chi connectivity index (χ1) is 7.90. The van der Waals surface area contributed by atoms with Gasteiger partial charge in [-0.25, -0.2) is 4.79 Å². The van der Waals surface area contributed by atoms with Gasteiger partial charge in [0.2, 0.25) is 0 Å². The van der Waals surface area contributed by atoms with Crippen LogP contribution in [-0.2, 0) is 23.8 Å². The summed E-state index contributed by atoms with van der Waals surface area (Å²) in [5.74, 6) is -0.338. The van der Waals surface area contributed by atoms with E-state index >= 15 is 0 Å². The van der Waals surface area contributed by atoms with E-state index in [9.17, 15) is 13.2 Å². The molecule has 1 heterocycles. The Kier molecular flexibility index (Phi) is 2.19. The zero-order valence-electron chi connectivity index (χ0n) is 9.46. The molecule has 0 amide bonds. The maximum Gasteiger partial charge on any atom is 0.333 e. The Morgan fingerprint density at radius 3 is 2.76 bits per heavy atom. The molecule has 3 aliphatic rings. The van der Waals surface area contributed by atoms with Gasteiger partial charge in [-0.1, -0.05) is 6.58 Å². The van der Waals surface area contributed by atoms with Gasteiger partial charge in [0.1, 0.15) is 12.2 Å². The standard InChI is InChI=1S/C11H14O5S/c1-5(2)11(12)15-9-6-3-7-8(4-6)17(13,14)16-10(7)9/h6-10H,1,3-4H2,2H3/t6-,7?,8?,9?,10?/m0/s1. The van der Waals surface area contributed by atoms with Crippen LogP contribution in [0.3, 0.4) is 0 Å².